The fourth-order valence-corrected chi connectivity index (χ4v) is 18.8. The lowest BCUT2D eigenvalue weighted by Gasteiger charge is -2.46. The molecule has 0 radical (unpaired) electrons. The predicted molar refractivity (Wildman–Crippen MR) is 238 cm³/mol. The summed E-state index contributed by atoms with van der Waals surface area (Å²) in [4.78, 5) is 0. The van der Waals surface area contributed by atoms with Crippen LogP contribution in [0.3, 0.4) is 0 Å². The molecule has 0 N–H and O–H groups in total. The summed E-state index contributed by atoms with van der Waals surface area (Å²) >= 11 is 0. The number of benzene rings is 2. The minimum absolute atomic E-state index is 0.0196. The molecule has 0 unspecified atom stereocenters. The molecule has 5 atom stereocenters. The van der Waals surface area contributed by atoms with Gasteiger partial charge in [0.15, 0.2) is 8.32 Å². The molecule has 0 saturated heterocycles. The Balaban J connectivity index is 1.31. The third kappa shape index (κ3) is 8.91. The molecule has 0 aromatic heterocycles. The van der Waals surface area contributed by atoms with Crippen LogP contribution in [0.2, 0.25) is 23.2 Å². The molecular weight excluding hydrogens is 689 g/mol. The first-order valence-electron chi connectivity index (χ1n) is 21.6. The quantitative estimate of drug-likeness (QED) is 0.108. The van der Waals surface area contributed by atoms with E-state index in [-0.39, 0.29) is 16.7 Å². The van der Waals surface area contributed by atoms with E-state index in [1.165, 1.54) is 82.9 Å². The van der Waals surface area contributed by atoms with E-state index >= 15 is 0 Å². The fraction of sp³-hybridized carbons (Fsp3) is 0.600. The fourth-order valence-electron chi connectivity index (χ4n) is 10.9. The highest BCUT2D eigenvalue weighted by Crippen LogP contribution is 2.58. The summed E-state index contributed by atoms with van der Waals surface area (Å²) in [7, 11) is -4.33. The summed E-state index contributed by atoms with van der Waals surface area (Å²) in [5, 5.41) is 2.55. The highest BCUT2D eigenvalue weighted by molar-refractivity contribution is 6.99. The van der Waals surface area contributed by atoms with Crippen molar-refractivity contribution in [1.29, 1.82) is 0 Å². The third-order valence-corrected chi connectivity index (χ3v) is 24.2. The van der Waals surface area contributed by atoms with Crippen LogP contribution in [-0.2, 0) is 8.85 Å². The molecule has 1 saturated carbocycles. The van der Waals surface area contributed by atoms with E-state index in [2.05, 4.69) is 161 Å². The van der Waals surface area contributed by atoms with E-state index in [0.717, 1.165) is 37.5 Å². The maximum Gasteiger partial charge on any atom is 0.261 e. The van der Waals surface area contributed by atoms with Gasteiger partial charge in [0, 0.05) is 17.6 Å². The third-order valence-electron chi connectivity index (χ3n) is 14.3. The molecule has 0 bridgehead atoms. The molecule has 0 spiro atoms. The van der Waals surface area contributed by atoms with Gasteiger partial charge in [-0.3, -0.25) is 0 Å². The van der Waals surface area contributed by atoms with Gasteiger partial charge < -0.3 is 8.85 Å². The van der Waals surface area contributed by atoms with Gasteiger partial charge in [-0.2, -0.15) is 0 Å². The van der Waals surface area contributed by atoms with Crippen LogP contribution in [0.15, 0.2) is 95.6 Å². The summed E-state index contributed by atoms with van der Waals surface area (Å²) in [6.45, 7) is 30.9. The molecule has 3 aliphatic carbocycles. The van der Waals surface area contributed by atoms with Crippen molar-refractivity contribution in [3.05, 3.63) is 95.6 Å². The molecule has 3 aliphatic rings. The molecule has 4 heteroatoms. The van der Waals surface area contributed by atoms with Crippen molar-refractivity contribution in [3.63, 3.8) is 0 Å². The zero-order valence-corrected chi connectivity index (χ0v) is 38.2. The highest BCUT2D eigenvalue weighted by Gasteiger charge is 2.52. The van der Waals surface area contributed by atoms with Crippen LogP contribution in [0, 0.1) is 35.0 Å². The second kappa shape index (κ2) is 17.4. The number of rotatable bonds is 14. The maximum absolute atomic E-state index is 7.63. The second-order valence-electron chi connectivity index (χ2n) is 19.2. The van der Waals surface area contributed by atoms with Gasteiger partial charge in [-0.25, -0.2) is 0 Å². The number of allylic oxidation sites excluding steroid dienone is 3. The zero-order chi connectivity index (χ0) is 39.4. The van der Waals surface area contributed by atoms with Crippen LogP contribution >= 0.6 is 0 Å². The molecule has 2 aromatic carbocycles. The number of hydrogen-bond donors (Lipinski definition) is 0. The van der Waals surface area contributed by atoms with Crippen molar-refractivity contribution in [1.82, 2.24) is 0 Å². The molecule has 0 heterocycles. The Morgan fingerprint density at radius 2 is 1.48 bits per heavy atom. The standard InChI is InChI=1S/C50H74O2Si2/c1-13-53(14-2,15-3)52-49(10,11)34-22-24-38(4)45-32-33-46-41(25-23-35-50(45,46)12)30-31-42-37-47(40(6)36-39(42)5)51-54(48(7,8)9,43-26-18-16-19-27-43)44-28-20-17-21-29-44/h16-21,25-29,38,45-47H,6,13-15,22-24,32-37H2,1-5,7-12H3/t38-,45-,46+,47-,50-/m1/s1. The summed E-state index contributed by atoms with van der Waals surface area (Å²) in [6, 6.07) is 25.7. The molecule has 1 fully saturated rings. The SMILES string of the molecule is C=C1CC(C)=C(C#CC2=CCC[C@]3(C)[C@@H]([C@H](C)CCCC(C)(C)O[Si](CC)(CC)CC)CC[C@@H]23)C[C@H]1O[Si](c1ccccc1)(c1ccccc1)C(C)(C)C. The van der Waals surface area contributed by atoms with Gasteiger partial charge in [-0.05, 0) is 122 Å². The van der Waals surface area contributed by atoms with Crippen LogP contribution in [0.1, 0.15) is 134 Å². The smallest absolute Gasteiger partial charge is 0.261 e. The van der Waals surface area contributed by atoms with Gasteiger partial charge >= 0.3 is 0 Å². The first-order chi connectivity index (χ1) is 25.5. The minimum atomic E-state index is -2.72. The monoisotopic (exact) mass is 763 g/mol. The summed E-state index contributed by atoms with van der Waals surface area (Å²) in [5.41, 5.74) is 5.51. The van der Waals surface area contributed by atoms with Crippen LogP contribution in [-0.4, -0.2) is 28.3 Å². The Hall–Kier alpha value is -2.43. The van der Waals surface area contributed by atoms with Crippen molar-refractivity contribution < 1.29 is 8.85 Å². The van der Waals surface area contributed by atoms with Crippen molar-refractivity contribution >= 4 is 27.0 Å². The lowest BCUT2D eigenvalue weighted by molar-refractivity contribution is 0.0736. The largest absolute Gasteiger partial charge is 0.412 e. The van der Waals surface area contributed by atoms with Crippen LogP contribution in [0.5, 0.6) is 0 Å². The first kappa shape index (κ1) is 42.7. The Kier molecular flexibility index (Phi) is 13.7. The van der Waals surface area contributed by atoms with Crippen molar-refractivity contribution in [2.75, 3.05) is 0 Å². The van der Waals surface area contributed by atoms with Gasteiger partial charge in [0.1, 0.15) is 0 Å². The van der Waals surface area contributed by atoms with Gasteiger partial charge in [0.05, 0.1) is 11.7 Å². The number of hydrogen-bond acceptors (Lipinski definition) is 2. The molecule has 54 heavy (non-hydrogen) atoms. The zero-order valence-electron chi connectivity index (χ0n) is 36.2. The molecule has 294 valence electrons. The van der Waals surface area contributed by atoms with Gasteiger partial charge in [0.25, 0.3) is 8.32 Å². The second-order valence-corrected chi connectivity index (χ2v) is 28.2. The predicted octanol–water partition coefficient (Wildman–Crippen LogP) is 13.0. The van der Waals surface area contributed by atoms with Gasteiger partial charge in [-0.1, -0.05) is 159 Å². The Bertz CT molecular complexity index is 1650. The molecule has 0 amide bonds. The topological polar surface area (TPSA) is 18.5 Å². The summed E-state index contributed by atoms with van der Waals surface area (Å²) in [6.07, 6.45) is 12.8. The molecule has 2 aromatic rings. The van der Waals surface area contributed by atoms with Crippen molar-refractivity contribution in [2.45, 2.75) is 169 Å². The molecular formula is C50H74O2Si2. The Labute approximate surface area is 334 Å². The van der Waals surface area contributed by atoms with Gasteiger partial charge in [-0.15, -0.1) is 0 Å². The summed E-state index contributed by atoms with van der Waals surface area (Å²) in [5.74, 6) is 9.69. The normalized spacial score (nSPS) is 24.5. The summed E-state index contributed by atoms with van der Waals surface area (Å²) < 4.78 is 14.6. The molecule has 2 nitrogen and oxygen atoms in total. The molecule has 5 rings (SSSR count). The van der Waals surface area contributed by atoms with E-state index in [4.69, 9.17) is 8.85 Å². The maximum atomic E-state index is 7.63. The van der Waals surface area contributed by atoms with Crippen LogP contribution in [0.4, 0.5) is 0 Å². The average Bonchev–Trinajstić information content (AvgIpc) is 3.51. The highest BCUT2D eigenvalue weighted by atomic mass is 28.4. The van der Waals surface area contributed by atoms with Crippen molar-refractivity contribution in [2.24, 2.45) is 23.2 Å². The lowest BCUT2D eigenvalue weighted by atomic mass is 9.62. The average molecular weight is 763 g/mol. The van der Waals surface area contributed by atoms with E-state index < -0.39 is 16.6 Å². The van der Waals surface area contributed by atoms with Crippen LogP contribution < -0.4 is 10.4 Å². The lowest BCUT2D eigenvalue weighted by Crippen LogP contribution is -2.68. The Morgan fingerprint density at radius 3 is 2.04 bits per heavy atom. The van der Waals surface area contributed by atoms with E-state index in [1.807, 2.05) is 0 Å². The van der Waals surface area contributed by atoms with E-state index in [1.54, 1.807) is 0 Å². The molecule has 0 aliphatic heterocycles. The Morgan fingerprint density at radius 1 is 0.889 bits per heavy atom. The first-order valence-corrected chi connectivity index (χ1v) is 26.1. The number of fused-ring (bicyclic) bond motifs is 1. The van der Waals surface area contributed by atoms with Crippen molar-refractivity contribution in [3.8, 4) is 11.8 Å². The van der Waals surface area contributed by atoms with E-state index in [9.17, 15) is 0 Å². The van der Waals surface area contributed by atoms with E-state index in [0.29, 0.717) is 11.3 Å². The van der Waals surface area contributed by atoms with Gasteiger partial charge in [0.2, 0.25) is 0 Å². The minimum Gasteiger partial charge on any atom is -0.412 e. The van der Waals surface area contributed by atoms with Crippen LogP contribution in [0.25, 0.3) is 0 Å².